The molecule has 0 aliphatic heterocycles. The van der Waals surface area contributed by atoms with Gasteiger partial charge < -0.3 is 5.32 Å². The summed E-state index contributed by atoms with van der Waals surface area (Å²) < 4.78 is 1.87. The fourth-order valence-corrected chi connectivity index (χ4v) is 4.02. The van der Waals surface area contributed by atoms with E-state index in [0.29, 0.717) is 0 Å². The Balaban J connectivity index is 1.72. The summed E-state index contributed by atoms with van der Waals surface area (Å²) in [6.07, 6.45) is 0.258. The number of anilines is 1. The molecule has 152 valence electrons. The Kier molecular flexibility index (Phi) is 5.12. The number of rotatable bonds is 4. The minimum absolute atomic E-state index is 0.0492. The standard InChI is InChI=1S/C25H26N4O/c1-15-10-9-11-16(2)24(15)27-22(30)14-21-17(3)26-25-23(20-12-7-6-8-13-20)18(4)28-29(25)19(21)5/h6-13H,14H2,1-5H3,(H,27,30). The Morgan fingerprint density at radius 1 is 0.900 bits per heavy atom. The molecular formula is C25H26N4O. The number of para-hydroxylation sites is 1. The normalized spacial score (nSPS) is 11.1. The monoisotopic (exact) mass is 398 g/mol. The van der Waals surface area contributed by atoms with E-state index in [1.165, 1.54) is 0 Å². The van der Waals surface area contributed by atoms with Crippen LogP contribution in [0, 0.1) is 34.6 Å². The van der Waals surface area contributed by atoms with Gasteiger partial charge in [0.1, 0.15) is 0 Å². The van der Waals surface area contributed by atoms with Gasteiger partial charge in [-0.3, -0.25) is 4.79 Å². The molecule has 1 amide bonds. The van der Waals surface area contributed by atoms with Gasteiger partial charge >= 0.3 is 0 Å². The maximum atomic E-state index is 12.9. The quantitative estimate of drug-likeness (QED) is 0.519. The highest BCUT2D eigenvalue weighted by Gasteiger charge is 2.19. The molecule has 0 atom stereocenters. The Bertz CT molecular complexity index is 1240. The molecule has 2 aromatic heterocycles. The molecule has 0 saturated heterocycles. The predicted octanol–water partition coefficient (Wildman–Crippen LogP) is 5.12. The minimum Gasteiger partial charge on any atom is -0.325 e. The molecule has 0 saturated carbocycles. The molecule has 0 unspecified atom stereocenters. The lowest BCUT2D eigenvalue weighted by Gasteiger charge is -2.14. The van der Waals surface area contributed by atoms with E-state index in [1.807, 2.05) is 75.5 Å². The van der Waals surface area contributed by atoms with Crippen LogP contribution < -0.4 is 5.32 Å². The van der Waals surface area contributed by atoms with Crippen LogP contribution in [-0.2, 0) is 11.2 Å². The molecule has 0 spiro atoms. The molecule has 5 nitrogen and oxygen atoms in total. The molecular weight excluding hydrogens is 372 g/mol. The van der Waals surface area contributed by atoms with Crippen molar-refractivity contribution in [3.63, 3.8) is 0 Å². The third-order valence-corrected chi connectivity index (χ3v) is 5.65. The SMILES string of the molecule is Cc1cccc(C)c1NC(=O)Cc1c(C)nc2c(-c3ccccc3)c(C)nn2c1C. The van der Waals surface area contributed by atoms with Crippen molar-refractivity contribution in [1.29, 1.82) is 0 Å². The summed E-state index contributed by atoms with van der Waals surface area (Å²) in [6, 6.07) is 16.2. The molecule has 0 aliphatic rings. The van der Waals surface area contributed by atoms with E-state index in [0.717, 1.165) is 56.2 Å². The van der Waals surface area contributed by atoms with Crippen LogP contribution in [0.3, 0.4) is 0 Å². The van der Waals surface area contributed by atoms with Crippen molar-refractivity contribution < 1.29 is 4.79 Å². The number of fused-ring (bicyclic) bond motifs is 1. The number of benzene rings is 2. The molecule has 5 heteroatoms. The number of carbonyl (C=O) groups is 1. The fourth-order valence-electron chi connectivity index (χ4n) is 4.02. The van der Waals surface area contributed by atoms with Crippen molar-refractivity contribution in [1.82, 2.24) is 14.6 Å². The molecule has 0 aliphatic carbocycles. The second-order valence-corrected chi connectivity index (χ2v) is 7.81. The molecule has 2 aromatic carbocycles. The van der Waals surface area contributed by atoms with Gasteiger partial charge in [-0.05, 0) is 51.3 Å². The van der Waals surface area contributed by atoms with Gasteiger partial charge in [0.25, 0.3) is 0 Å². The van der Waals surface area contributed by atoms with Crippen molar-refractivity contribution in [2.75, 3.05) is 5.32 Å². The molecule has 4 rings (SSSR count). The summed E-state index contributed by atoms with van der Waals surface area (Å²) in [5.74, 6) is -0.0492. The summed E-state index contributed by atoms with van der Waals surface area (Å²) in [7, 11) is 0. The number of aromatic nitrogens is 3. The van der Waals surface area contributed by atoms with Crippen LogP contribution in [0.2, 0.25) is 0 Å². The Morgan fingerprint density at radius 2 is 1.57 bits per heavy atom. The molecule has 4 aromatic rings. The van der Waals surface area contributed by atoms with E-state index in [2.05, 4.69) is 17.4 Å². The summed E-state index contributed by atoms with van der Waals surface area (Å²) in [5, 5.41) is 7.81. The lowest BCUT2D eigenvalue weighted by Crippen LogP contribution is -2.19. The molecule has 2 heterocycles. The Hall–Kier alpha value is -3.47. The van der Waals surface area contributed by atoms with Gasteiger partial charge in [-0.15, -0.1) is 0 Å². The molecule has 1 N–H and O–H groups in total. The van der Waals surface area contributed by atoms with Crippen molar-refractivity contribution >= 4 is 17.2 Å². The van der Waals surface area contributed by atoms with Gasteiger partial charge in [0.15, 0.2) is 5.65 Å². The number of nitrogens with one attached hydrogen (secondary N) is 1. The first-order chi connectivity index (χ1) is 14.4. The van der Waals surface area contributed by atoms with Crippen LogP contribution in [0.1, 0.15) is 33.8 Å². The predicted molar refractivity (Wildman–Crippen MR) is 121 cm³/mol. The second kappa shape index (κ2) is 7.75. The summed E-state index contributed by atoms with van der Waals surface area (Å²) >= 11 is 0. The first-order valence-corrected chi connectivity index (χ1v) is 10.1. The molecule has 0 fully saturated rings. The lowest BCUT2D eigenvalue weighted by molar-refractivity contribution is -0.115. The number of hydrogen-bond acceptors (Lipinski definition) is 3. The van der Waals surface area contributed by atoms with Gasteiger partial charge in [0, 0.05) is 28.2 Å². The van der Waals surface area contributed by atoms with Gasteiger partial charge in [-0.1, -0.05) is 48.5 Å². The number of hydrogen-bond donors (Lipinski definition) is 1. The van der Waals surface area contributed by atoms with Gasteiger partial charge in [0.05, 0.1) is 12.1 Å². The van der Waals surface area contributed by atoms with Crippen molar-refractivity contribution in [2.45, 2.75) is 41.0 Å². The smallest absolute Gasteiger partial charge is 0.228 e. The highest BCUT2D eigenvalue weighted by atomic mass is 16.1. The van der Waals surface area contributed by atoms with E-state index < -0.39 is 0 Å². The minimum atomic E-state index is -0.0492. The van der Waals surface area contributed by atoms with Crippen LogP contribution in [0.25, 0.3) is 16.8 Å². The van der Waals surface area contributed by atoms with E-state index in [1.54, 1.807) is 0 Å². The number of amides is 1. The zero-order chi connectivity index (χ0) is 21.4. The van der Waals surface area contributed by atoms with Crippen molar-refractivity contribution in [2.24, 2.45) is 0 Å². The van der Waals surface area contributed by atoms with Gasteiger partial charge in [0.2, 0.25) is 5.91 Å². The highest BCUT2D eigenvalue weighted by molar-refractivity contribution is 5.94. The van der Waals surface area contributed by atoms with Crippen molar-refractivity contribution in [3.05, 3.63) is 82.3 Å². The molecule has 0 radical (unpaired) electrons. The third kappa shape index (κ3) is 3.47. The third-order valence-electron chi connectivity index (χ3n) is 5.65. The van der Waals surface area contributed by atoms with Crippen LogP contribution in [0.15, 0.2) is 48.5 Å². The lowest BCUT2D eigenvalue weighted by atomic mass is 10.0. The van der Waals surface area contributed by atoms with Crippen LogP contribution in [-0.4, -0.2) is 20.5 Å². The first kappa shape index (κ1) is 19.8. The van der Waals surface area contributed by atoms with E-state index >= 15 is 0 Å². The Labute approximate surface area is 176 Å². The van der Waals surface area contributed by atoms with Crippen LogP contribution >= 0.6 is 0 Å². The largest absolute Gasteiger partial charge is 0.325 e. The molecule has 0 bridgehead atoms. The average Bonchev–Trinajstić information content (AvgIpc) is 3.05. The molecule has 30 heavy (non-hydrogen) atoms. The van der Waals surface area contributed by atoms with Gasteiger partial charge in [-0.2, -0.15) is 5.10 Å². The van der Waals surface area contributed by atoms with E-state index in [-0.39, 0.29) is 12.3 Å². The number of nitrogens with zero attached hydrogens (tertiary/aromatic N) is 3. The zero-order valence-corrected chi connectivity index (χ0v) is 18.1. The van der Waals surface area contributed by atoms with Crippen LogP contribution in [0.5, 0.6) is 0 Å². The maximum Gasteiger partial charge on any atom is 0.228 e. The van der Waals surface area contributed by atoms with Crippen molar-refractivity contribution in [3.8, 4) is 11.1 Å². The average molecular weight is 399 g/mol. The zero-order valence-electron chi connectivity index (χ0n) is 18.1. The van der Waals surface area contributed by atoms with Gasteiger partial charge in [-0.25, -0.2) is 9.50 Å². The van der Waals surface area contributed by atoms with E-state index in [9.17, 15) is 4.79 Å². The van der Waals surface area contributed by atoms with E-state index in [4.69, 9.17) is 10.1 Å². The second-order valence-electron chi connectivity index (χ2n) is 7.81. The summed E-state index contributed by atoms with van der Waals surface area (Å²) in [6.45, 7) is 9.98. The topological polar surface area (TPSA) is 59.3 Å². The Morgan fingerprint density at radius 3 is 2.23 bits per heavy atom. The number of aryl methyl sites for hydroxylation is 5. The van der Waals surface area contributed by atoms with Crippen LogP contribution in [0.4, 0.5) is 5.69 Å². The maximum absolute atomic E-state index is 12.9. The highest BCUT2D eigenvalue weighted by Crippen LogP contribution is 2.29. The fraction of sp³-hybridized carbons (Fsp3) is 0.240. The summed E-state index contributed by atoms with van der Waals surface area (Å²) in [5.41, 5.74) is 9.59. The first-order valence-electron chi connectivity index (χ1n) is 10.1. The summed E-state index contributed by atoms with van der Waals surface area (Å²) in [4.78, 5) is 17.7. The number of carbonyl (C=O) groups excluding carboxylic acids is 1.